The van der Waals surface area contributed by atoms with Crippen LogP contribution in [0.2, 0.25) is 0 Å². The van der Waals surface area contributed by atoms with Crippen LogP contribution in [0.15, 0.2) is 12.1 Å². The molecule has 1 aromatic heterocycles. The van der Waals surface area contributed by atoms with Gasteiger partial charge in [-0.15, -0.1) is 0 Å². The molecule has 0 spiro atoms. The summed E-state index contributed by atoms with van der Waals surface area (Å²) in [4.78, 5) is 14.8. The quantitative estimate of drug-likeness (QED) is 0.736. The topological polar surface area (TPSA) is 86.0 Å². The Labute approximate surface area is 100 Å². The number of hydrogen-bond acceptors (Lipinski definition) is 4. The minimum atomic E-state index is -1.06. The summed E-state index contributed by atoms with van der Waals surface area (Å²) in [5.74, 6) is -0.613. The summed E-state index contributed by atoms with van der Waals surface area (Å²) in [5, 5.41) is 20.6. The third-order valence-electron chi connectivity index (χ3n) is 2.27. The fourth-order valence-corrected chi connectivity index (χ4v) is 1.39. The molecule has 0 unspecified atom stereocenters. The van der Waals surface area contributed by atoms with Crippen molar-refractivity contribution in [3.8, 4) is 6.07 Å². The van der Waals surface area contributed by atoms with Crippen molar-refractivity contribution in [2.24, 2.45) is 0 Å². The Hall–Kier alpha value is -2.09. The summed E-state index contributed by atoms with van der Waals surface area (Å²) in [6, 6.07) is 4.55. The van der Waals surface area contributed by atoms with Crippen LogP contribution >= 0.6 is 0 Å². The Kier molecular flexibility index (Phi) is 4.95. The van der Waals surface area contributed by atoms with E-state index in [1.807, 2.05) is 6.07 Å². The van der Waals surface area contributed by atoms with Crippen molar-refractivity contribution in [2.45, 2.75) is 26.2 Å². The molecule has 17 heavy (non-hydrogen) atoms. The second-order valence-corrected chi connectivity index (χ2v) is 3.68. The lowest BCUT2D eigenvalue weighted by Gasteiger charge is -2.06. The maximum atomic E-state index is 10.8. The lowest BCUT2D eigenvalue weighted by Crippen LogP contribution is -2.06. The summed E-state index contributed by atoms with van der Waals surface area (Å²) in [7, 11) is 0. The predicted molar refractivity (Wildman–Crippen MR) is 63.9 cm³/mol. The zero-order chi connectivity index (χ0) is 12.7. The van der Waals surface area contributed by atoms with E-state index in [0.717, 1.165) is 25.8 Å². The number of carboxylic acids is 1. The van der Waals surface area contributed by atoms with Gasteiger partial charge in [-0.25, -0.2) is 9.78 Å². The molecule has 0 aliphatic rings. The maximum Gasteiger partial charge on any atom is 0.335 e. The first kappa shape index (κ1) is 13.0. The van der Waals surface area contributed by atoms with E-state index in [1.54, 1.807) is 0 Å². The molecule has 0 saturated carbocycles. The van der Waals surface area contributed by atoms with E-state index in [-0.39, 0.29) is 11.3 Å². The zero-order valence-electron chi connectivity index (χ0n) is 9.73. The minimum absolute atomic E-state index is 0.0783. The van der Waals surface area contributed by atoms with E-state index in [1.165, 1.54) is 12.1 Å². The highest BCUT2D eigenvalue weighted by molar-refractivity contribution is 5.88. The number of aromatic carboxylic acids is 1. The summed E-state index contributed by atoms with van der Waals surface area (Å²) in [6.07, 6.45) is 3.22. The van der Waals surface area contributed by atoms with Crippen LogP contribution in [0.1, 0.15) is 42.2 Å². The number of aromatic nitrogens is 1. The van der Waals surface area contributed by atoms with E-state index in [0.29, 0.717) is 5.82 Å². The van der Waals surface area contributed by atoms with Gasteiger partial charge in [0.15, 0.2) is 0 Å². The fraction of sp³-hybridized carbons (Fsp3) is 0.417. The molecule has 1 rings (SSSR count). The van der Waals surface area contributed by atoms with Crippen LogP contribution in [-0.4, -0.2) is 22.6 Å². The highest BCUT2D eigenvalue weighted by Crippen LogP contribution is 2.10. The smallest absolute Gasteiger partial charge is 0.335 e. The van der Waals surface area contributed by atoms with Gasteiger partial charge in [0.2, 0.25) is 0 Å². The van der Waals surface area contributed by atoms with Crippen molar-refractivity contribution in [3.05, 3.63) is 23.4 Å². The summed E-state index contributed by atoms with van der Waals surface area (Å²) >= 11 is 0. The molecule has 0 fully saturated rings. The van der Waals surface area contributed by atoms with Gasteiger partial charge in [-0.1, -0.05) is 19.8 Å². The van der Waals surface area contributed by atoms with Gasteiger partial charge in [-0.2, -0.15) is 5.26 Å². The number of pyridine rings is 1. The summed E-state index contributed by atoms with van der Waals surface area (Å²) in [6.45, 7) is 2.84. The van der Waals surface area contributed by atoms with Crippen molar-refractivity contribution < 1.29 is 9.90 Å². The third kappa shape index (κ3) is 4.11. The molecule has 2 N–H and O–H groups in total. The standard InChI is InChI=1S/C12H15N3O2/c1-2-3-4-5-14-11-7-9(12(16)17)6-10(8-13)15-11/h6-7H,2-5H2,1H3,(H,14,15)(H,16,17). The largest absolute Gasteiger partial charge is 0.478 e. The van der Waals surface area contributed by atoms with Crippen molar-refractivity contribution in [2.75, 3.05) is 11.9 Å². The first-order valence-electron chi connectivity index (χ1n) is 5.56. The Morgan fingerprint density at radius 2 is 2.29 bits per heavy atom. The van der Waals surface area contributed by atoms with Crippen LogP contribution in [0, 0.1) is 11.3 Å². The number of carbonyl (C=O) groups is 1. The average molecular weight is 233 g/mol. The van der Waals surface area contributed by atoms with Gasteiger partial charge in [0, 0.05) is 6.54 Å². The first-order chi connectivity index (χ1) is 8.17. The van der Waals surface area contributed by atoms with Crippen LogP contribution in [0.4, 0.5) is 5.82 Å². The molecule has 1 aromatic rings. The van der Waals surface area contributed by atoms with Crippen LogP contribution in [-0.2, 0) is 0 Å². The Bertz CT molecular complexity index is 438. The molecule has 0 aliphatic heterocycles. The van der Waals surface area contributed by atoms with Crippen molar-refractivity contribution in [1.82, 2.24) is 4.98 Å². The van der Waals surface area contributed by atoms with Crippen LogP contribution in [0.5, 0.6) is 0 Å². The van der Waals surface area contributed by atoms with Crippen LogP contribution in [0.25, 0.3) is 0 Å². The highest BCUT2D eigenvalue weighted by Gasteiger charge is 2.07. The number of carboxylic acid groups (broad SMARTS) is 1. The molecular weight excluding hydrogens is 218 g/mol. The third-order valence-corrected chi connectivity index (χ3v) is 2.27. The number of rotatable bonds is 6. The number of hydrogen-bond donors (Lipinski definition) is 2. The van der Waals surface area contributed by atoms with Gasteiger partial charge in [0.1, 0.15) is 17.6 Å². The van der Waals surface area contributed by atoms with Gasteiger partial charge >= 0.3 is 5.97 Å². The second-order valence-electron chi connectivity index (χ2n) is 3.68. The second kappa shape index (κ2) is 6.48. The lowest BCUT2D eigenvalue weighted by molar-refractivity contribution is 0.0696. The number of unbranched alkanes of at least 4 members (excludes halogenated alkanes) is 2. The normalized spacial score (nSPS) is 9.65. The first-order valence-corrected chi connectivity index (χ1v) is 5.56. The van der Waals surface area contributed by atoms with E-state index >= 15 is 0 Å². The number of nitrogens with one attached hydrogen (secondary N) is 1. The zero-order valence-corrected chi connectivity index (χ0v) is 9.73. The molecule has 0 bridgehead atoms. The van der Waals surface area contributed by atoms with Gasteiger partial charge in [-0.05, 0) is 18.6 Å². The molecular formula is C12H15N3O2. The average Bonchev–Trinajstić information content (AvgIpc) is 2.34. The SMILES string of the molecule is CCCCCNc1cc(C(=O)O)cc(C#N)n1. The molecule has 0 aliphatic carbocycles. The van der Waals surface area contributed by atoms with Crippen molar-refractivity contribution in [1.29, 1.82) is 5.26 Å². The molecule has 0 amide bonds. The van der Waals surface area contributed by atoms with E-state index < -0.39 is 5.97 Å². The molecule has 0 aromatic carbocycles. The van der Waals surface area contributed by atoms with Crippen LogP contribution in [0.3, 0.4) is 0 Å². The van der Waals surface area contributed by atoms with Crippen LogP contribution < -0.4 is 5.32 Å². The Morgan fingerprint density at radius 3 is 2.88 bits per heavy atom. The van der Waals surface area contributed by atoms with Crippen molar-refractivity contribution in [3.63, 3.8) is 0 Å². The highest BCUT2D eigenvalue weighted by atomic mass is 16.4. The molecule has 90 valence electrons. The Morgan fingerprint density at radius 1 is 1.53 bits per heavy atom. The predicted octanol–water partition coefficient (Wildman–Crippen LogP) is 2.25. The van der Waals surface area contributed by atoms with E-state index in [2.05, 4.69) is 17.2 Å². The number of nitrogens with zero attached hydrogens (tertiary/aromatic N) is 2. The van der Waals surface area contributed by atoms with E-state index in [9.17, 15) is 4.79 Å². The lowest BCUT2D eigenvalue weighted by atomic mass is 10.2. The Balaban J connectivity index is 2.74. The minimum Gasteiger partial charge on any atom is -0.478 e. The van der Waals surface area contributed by atoms with Crippen molar-refractivity contribution >= 4 is 11.8 Å². The van der Waals surface area contributed by atoms with Gasteiger partial charge < -0.3 is 10.4 Å². The molecule has 1 heterocycles. The van der Waals surface area contributed by atoms with Gasteiger partial charge in [0.05, 0.1) is 5.56 Å². The van der Waals surface area contributed by atoms with Gasteiger partial charge in [-0.3, -0.25) is 0 Å². The number of anilines is 1. The number of nitriles is 1. The molecule has 0 saturated heterocycles. The molecule has 0 radical (unpaired) electrons. The van der Waals surface area contributed by atoms with Gasteiger partial charge in [0.25, 0.3) is 0 Å². The summed E-state index contributed by atoms with van der Waals surface area (Å²) in [5.41, 5.74) is 0.192. The summed E-state index contributed by atoms with van der Waals surface area (Å²) < 4.78 is 0. The molecule has 0 atom stereocenters. The molecule has 5 nitrogen and oxygen atoms in total. The monoisotopic (exact) mass is 233 g/mol. The van der Waals surface area contributed by atoms with E-state index in [4.69, 9.17) is 10.4 Å². The fourth-order valence-electron chi connectivity index (χ4n) is 1.39. The molecule has 5 heteroatoms. The maximum absolute atomic E-state index is 10.8.